The Morgan fingerprint density at radius 3 is 2.53 bits per heavy atom. The lowest BCUT2D eigenvalue weighted by atomic mass is 9.91. The number of hydrogen-bond donors (Lipinski definition) is 2. The summed E-state index contributed by atoms with van der Waals surface area (Å²) in [5, 5.41) is 2.94. The van der Waals surface area contributed by atoms with Gasteiger partial charge in [-0.2, -0.15) is 0 Å². The van der Waals surface area contributed by atoms with Gasteiger partial charge >= 0.3 is 0 Å². The van der Waals surface area contributed by atoms with Crippen LogP contribution in [0.5, 0.6) is 0 Å². The summed E-state index contributed by atoms with van der Waals surface area (Å²) in [6.07, 6.45) is 6.70. The fourth-order valence-corrected chi connectivity index (χ4v) is 2.93. The maximum atomic E-state index is 11.8. The summed E-state index contributed by atoms with van der Waals surface area (Å²) < 4.78 is 0. The molecule has 1 atom stereocenters. The van der Waals surface area contributed by atoms with Crippen molar-refractivity contribution < 1.29 is 4.79 Å². The van der Waals surface area contributed by atoms with Crippen molar-refractivity contribution in [1.82, 2.24) is 10.2 Å². The number of likely N-dealkylation sites (tertiary alicyclic amines) is 1. The van der Waals surface area contributed by atoms with Gasteiger partial charge < -0.3 is 11.1 Å². The third-order valence-corrected chi connectivity index (χ3v) is 4.13. The summed E-state index contributed by atoms with van der Waals surface area (Å²) >= 11 is 0. The molecule has 0 aliphatic carbocycles. The Balaban J connectivity index is 2.33. The predicted molar refractivity (Wildman–Crippen MR) is 80.0 cm³/mol. The molecule has 0 bridgehead atoms. The van der Waals surface area contributed by atoms with E-state index in [1.165, 1.54) is 25.7 Å². The van der Waals surface area contributed by atoms with Crippen LogP contribution in [0.3, 0.4) is 0 Å². The molecule has 1 unspecified atom stereocenters. The summed E-state index contributed by atoms with van der Waals surface area (Å²) in [5.41, 5.74) is 5.85. The van der Waals surface area contributed by atoms with Crippen LogP contribution in [0.1, 0.15) is 52.4 Å². The third-order valence-electron chi connectivity index (χ3n) is 4.13. The van der Waals surface area contributed by atoms with Crippen LogP contribution in [0.15, 0.2) is 0 Å². The van der Waals surface area contributed by atoms with Gasteiger partial charge in [-0.05, 0) is 38.3 Å². The number of piperidine rings is 1. The summed E-state index contributed by atoms with van der Waals surface area (Å²) in [5.74, 6) is 1.03. The monoisotopic (exact) mass is 269 g/mol. The van der Waals surface area contributed by atoms with Crippen molar-refractivity contribution in [3.63, 3.8) is 0 Å². The topological polar surface area (TPSA) is 58.4 Å². The van der Waals surface area contributed by atoms with E-state index in [0.29, 0.717) is 13.0 Å². The molecule has 4 heteroatoms. The van der Waals surface area contributed by atoms with Crippen LogP contribution < -0.4 is 11.1 Å². The minimum absolute atomic E-state index is 0.146. The molecular weight excluding hydrogens is 238 g/mol. The van der Waals surface area contributed by atoms with Gasteiger partial charge in [-0.3, -0.25) is 9.69 Å². The molecule has 19 heavy (non-hydrogen) atoms. The maximum Gasteiger partial charge on any atom is 0.221 e. The maximum absolute atomic E-state index is 11.8. The number of rotatable bonds is 8. The quantitative estimate of drug-likeness (QED) is 0.706. The van der Waals surface area contributed by atoms with Crippen LogP contribution in [0.4, 0.5) is 0 Å². The van der Waals surface area contributed by atoms with E-state index >= 15 is 0 Å². The largest absolute Gasteiger partial charge is 0.356 e. The molecular formula is C15H31N3O. The number of carbonyl (C=O) groups excluding carboxylic acids is 1. The average molecular weight is 269 g/mol. The lowest BCUT2D eigenvalue weighted by Crippen LogP contribution is -2.47. The fourth-order valence-electron chi connectivity index (χ4n) is 2.93. The standard InChI is InChI=1S/C15H31N3O/c1-3-5-13-6-9-18(10-7-13)14(12-16)11-15(19)17-8-4-2/h13-14H,3-12,16H2,1-2H3,(H,17,19). The highest BCUT2D eigenvalue weighted by molar-refractivity contribution is 5.76. The Bertz CT molecular complexity index is 250. The van der Waals surface area contributed by atoms with Crippen LogP contribution in [0, 0.1) is 5.92 Å². The molecule has 0 aromatic heterocycles. The number of nitrogens with one attached hydrogen (secondary N) is 1. The summed E-state index contributed by atoms with van der Waals surface area (Å²) in [7, 11) is 0. The molecule has 1 amide bonds. The Kier molecular flexibility index (Phi) is 8.07. The van der Waals surface area contributed by atoms with Gasteiger partial charge in [0.15, 0.2) is 0 Å². The van der Waals surface area contributed by atoms with Crippen LogP contribution in [-0.2, 0) is 4.79 Å². The molecule has 0 aromatic carbocycles. The summed E-state index contributed by atoms with van der Waals surface area (Å²) in [6.45, 7) is 7.89. The molecule has 112 valence electrons. The van der Waals surface area contributed by atoms with E-state index in [9.17, 15) is 4.79 Å². The van der Waals surface area contributed by atoms with Gasteiger partial charge in [0.1, 0.15) is 0 Å². The van der Waals surface area contributed by atoms with Crippen molar-refractivity contribution in [3.05, 3.63) is 0 Å². The van der Waals surface area contributed by atoms with Crippen molar-refractivity contribution in [3.8, 4) is 0 Å². The van der Waals surface area contributed by atoms with E-state index in [-0.39, 0.29) is 11.9 Å². The van der Waals surface area contributed by atoms with E-state index in [4.69, 9.17) is 5.73 Å². The average Bonchev–Trinajstić information content (AvgIpc) is 2.44. The lowest BCUT2D eigenvalue weighted by molar-refractivity contribution is -0.122. The zero-order valence-electron chi connectivity index (χ0n) is 12.7. The van der Waals surface area contributed by atoms with E-state index < -0.39 is 0 Å². The van der Waals surface area contributed by atoms with E-state index in [1.54, 1.807) is 0 Å². The van der Waals surface area contributed by atoms with Crippen molar-refractivity contribution >= 4 is 5.91 Å². The van der Waals surface area contributed by atoms with Gasteiger partial charge in [-0.1, -0.05) is 26.7 Å². The van der Waals surface area contributed by atoms with Gasteiger partial charge in [0.05, 0.1) is 0 Å². The van der Waals surface area contributed by atoms with E-state index in [2.05, 4.69) is 24.1 Å². The Morgan fingerprint density at radius 2 is 2.00 bits per heavy atom. The van der Waals surface area contributed by atoms with Gasteiger partial charge in [0, 0.05) is 25.6 Å². The Hall–Kier alpha value is -0.610. The molecule has 0 radical (unpaired) electrons. The molecule has 1 fully saturated rings. The highest BCUT2D eigenvalue weighted by Crippen LogP contribution is 2.23. The first-order chi connectivity index (χ1) is 9.21. The number of carbonyl (C=O) groups is 1. The van der Waals surface area contributed by atoms with Crippen molar-refractivity contribution in [2.24, 2.45) is 11.7 Å². The normalized spacial score (nSPS) is 19.3. The molecule has 1 rings (SSSR count). The zero-order chi connectivity index (χ0) is 14.1. The Morgan fingerprint density at radius 1 is 1.32 bits per heavy atom. The van der Waals surface area contributed by atoms with Crippen LogP contribution in [-0.4, -0.2) is 43.0 Å². The molecule has 1 aliphatic heterocycles. The zero-order valence-corrected chi connectivity index (χ0v) is 12.7. The molecule has 0 aromatic rings. The summed E-state index contributed by atoms with van der Waals surface area (Å²) in [4.78, 5) is 14.2. The smallest absolute Gasteiger partial charge is 0.221 e. The van der Waals surface area contributed by atoms with Gasteiger partial charge in [-0.15, -0.1) is 0 Å². The molecule has 0 spiro atoms. The molecule has 1 saturated heterocycles. The van der Waals surface area contributed by atoms with Gasteiger partial charge in [0.2, 0.25) is 5.91 Å². The minimum atomic E-state index is 0.146. The van der Waals surface area contributed by atoms with E-state index in [1.807, 2.05) is 0 Å². The third kappa shape index (κ3) is 5.91. The predicted octanol–water partition coefficient (Wildman–Crippen LogP) is 1.74. The number of nitrogens with zero attached hydrogens (tertiary/aromatic N) is 1. The van der Waals surface area contributed by atoms with Crippen LogP contribution >= 0.6 is 0 Å². The minimum Gasteiger partial charge on any atom is -0.356 e. The SMILES string of the molecule is CCCNC(=O)CC(CN)N1CCC(CCC)CC1. The van der Waals surface area contributed by atoms with Crippen molar-refractivity contribution in [2.75, 3.05) is 26.2 Å². The van der Waals surface area contributed by atoms with Crippen molar-refractivity contribution in [2.45, 2.75) is 58.4 Å². The van der Waals surface area contributed by atoms with Crippen LogP contribution in [0.25, 0.3) is 0 Å². The summed E-state index contributed by atoms with van der Waals surface area (Å²) in [6, 6.07) is 0.222. The number of nitrogens with two attached hydrogens (primary N) is 1. The molecule has 3 N–H and O–H groups in total. The molecule has 4 nitrogen and oxygen atoms in total. The van der Waals surface area contributed by atoms with E-state index in [0.717, 1.165) is 32.0 Å². The molecule has 1 heterocycles. The van der Waals surface area contributed by atoms with Crippen LogP contribution in [0.2, 0.25) is 0 Å². The highest BCUT2D eigenvalue weighted by Gasteiger charge is 2.25. The highest BCUT2D eigenvalue weighted by atomic mass is 16.1. The second kappa shape index (κ2) is 9.32. The second-order valence-electron chi connectivity index (χ2n) is 5.71. The number of amides is 1. The van der Waals surface area contributed by atoms with Crippen molar-refractivity contribution in [1.29, 1.82) is 0 Å². The first-order valence-corrected chi connectivity index (χ1v) is 7.92. The second-order valence-corrected chi connectivity index (χ2v) is 5.71. The Labute approximate surface area is 118 Å². The first kappa shape index (κ1) is 16.4. The first-order valence-electron chi connectivity index (χ1n) is 7.92. The lowest BCUT2D eigenvalue weighted by Gasteiger charge is -2.37. The fraction of sp³-hybridized carbons (Fsp3) is 0.933. The molecule has 1 aliphatic rings. The number of hydrogen-bond acceptors (Lipinski definition) is 3. The van der Waals surface area contributed by atoms with Gasteiger partial charge in [0.25, 0.3) is 0 Å². The molecule has 0 saturated carbocycles. The van der Waals surface area contributed by atoms with Gasteiger partial charge in [-0.25, -0.2) is 0 Å².